The molecule has 148 valence electrons. The van der Waals surface area contributed by atoms with E-state index < -0.39 is 0 Å². The normalized spacial score (nSPS) is 10.3. The molecule has 4 nitrogen and oxygen atoms in total. The maximum Gasteiger partial charge on any atom is 0.257 e. The van der Waals surface area contributed by atoms with Gasteiger partial charge < -0.3 is 10.1 Å². The van der Waals surface area contributed by atoms with E-state index in [0.29, 0.717) is 17.9 Å². The molecular weight excluding hydrogens is 448 g/mol. The van der Waals surface area contributed by atoms with Crippen molar-refractivity contribution in [2.24, 2.45) is 0 Å². The predicted molar refractivity (Wildman–Crippen MR) is 125 cm³/mol. The van der Waals surface area contributed by atoms with E-state index in [9.17, 15) is 4.79 Å². The van der Waals surface area contributed by atoms with Crippen LogP contribution in [0.3, 0.4) is 0 Å². The van der Waals surface area contributed by atoms with Crippen molar-refractivity contribution in [2.45, 2.75) is 20.5 Å². The Bertz CT molecular complexity index is 1020. The topological polar surface area (TPSA) is 50.4 Å². The Morgan fingerprint density at radius 3 is 2.38 bits per heavy atom. The first-order chi connectivity index (χ1) is 13.9. The number of carbonyl (C=O) groups is 1. The van der Waals surface area contributed by atoms with Crippen LogP contribution in [0.15, 0.2) is 71.2 Å². The Morgan fingerprint density at radius 1 is 1.00 bits per heavy atom. The van der Waals surface area contributed by atoms with Crippen LogP contribution in [0.2, 0.25) is 0 Å². The van der Waals surface area contributed by atoms with E-state index >= 15 is 0 Å². The summed E-state index contributed by atoms with van der Waals surface area (Å²) in [6.45, 7) is 4.41. The first-order valence-corrected chi connectivity index (χ1v) is 10.3. The molecule has 0 saturated heterocycles. The van der Waals surface area contributed by atoms with Gasteiger partial charge in [-0.1, -0.05) is 52.3 Å². The molecule has 0 heterocycles. The van der Waals surface area contributed by atoms with Gasteiger partial charge in [0.15, 0.2) is 5.11 Å². The minimum atomic E-state index is -0.292. The van der Waals surface area contributed by atoms with Gasteiger partial charge in [0.05, 0.1) is 0 Å². The Labute approximate surface area is 184 Å². The first-order valence-electron chi connectivity index (χ1n) is 9.08. The molecule has 0 fully saturated rings. The van der Waals surface area contributed by atoms with Gasteiger partial charge in [-0.05, 0) is 73.1 Å². The van der Waals surface area contributed by atoms with Gasteiger partial charge in [0.25, 0.3) is 5.91 Å². The lowest BCUT2D eigenvalue weighted by atomic mass is 10.1. The molecule has 3 rings (SSSR count). The van der Waals surface area contributed by atoms with E-state index in [1.807, 2.05) is 62.4 Å². The number of amides is 1. The number of rotatable bonds is 5. The largest absolute Gasteiger partial charge is 0.489 e. The molecule has 0 bridgehead atoms. The van der Waals surface area contributed by atoms with Crippen LogP contribution in [-0.4, -0.2) is 11.0 Å². The van der Waals surface area contributed by atoms with Crippen molar-refractivity contribution in [3.05, 3.63) is 93.5 Å². The molecule has 0 unspecified atom stereocenters. The van der Waals surface area contributed by atoms with Crippen molar-refractivity contribution in [2.75, 3.05) is 5.32 Å². The second-order valence-electron chi connectivity index (χ2n) is 6.62. The third-order valence-electron chi connectivity index (χ3n) is 4.31. The van der Waals surface area contributed by atoms with Crippen LogP contribution in [0.5, 0.6) is 5.75 Å². The standard InChI is InChI=1S/C23H21BrN2O2S/c1-15-11-19(24)12-16(2)21(15)25-23(29)26-22(27)18-9-6-10-20(13-18)28-14-17-7-4-3-5-8-17/h3-13H,14H2,1-2H3,(H2,25,26,27,29). The number of ether oxygens (including phenoxy) is 1. The maximum atomic E-state index is 12.6. The number of benzene rings is 3. The van der Waals surface area contributed by atoms with Gasteiger partial charge in [-0.3, -0.25) is 10.1 Å². The van der Waals surface area contributed by atoms with E-state index in [1.54, 1.807) is 18.2 Å². The first kappa shape index (κ1) is 21.0. The quantitative estimate of drug-likeness (QED) is 0.466. The molecule has 0 radical (unpaired) electrons. The number of carbonyl (C=O) groups excluding carboxylic acids is 1. The Morgan fingerprint density at radius 2 is 1.69 bits per heavy atom. The molecule has 0 aliphatic carbocycles. The van der Waals surface area contributed by atoms with E-state index in [2.05, 4.69) is 26.6 Å². The van der Waals surface area contributed by atoms with Crippen LogP contribution in [-0.2, 0) is 6.61 Å². The highest BCUT2D eigenvalue weighted by atomic mass is 79.9. The molecule has 29 heavy (non-hydrogen) atoms. The highest BCUT2D eigenvalue weighted by Crippen LogP contribution is 2.25. The third kappa shape index (κ3) is 5.89. The monoisotopic (exact) mass is 468 g/mol. The fourth-order valence-electron chi connectivity index (χ4n) is 2.90. The molecule has 1 amide bonds. The lowest BCUT2D eigenvalue weighted by Crippen LogP contribution is -2.34. The average Bonchev–Trinajstić information content (AvgIpc) is 2.70. The van der Waals surface area contributed by atoms with E-state index in [0.717, 1.165) is 26.9 Å². The zero-order valence-electron chi connectivity index (χ0n) is 16.2. The molecule has 3 aromatic rings. The van der Waals surface area contributed by atoms with Crippen LogP contribution in [0.4, 0.5) is 5.69 Å². The minimum Gasteiger partial charge on any atom is -0.489 e. The van der Waals surface area contributed by atoms with Gasteiger partial charge in [0.2, 0.25) is 0 Å². The molecular formula is C23H21BrN2O2S. The van der Waals surface area contributed by atoms with Crippen molar-refractivity contribution in [3.8, 4) is 5.75 Å². The van der Waals surface area contributed by atoms with Gasteiger partial charge >= 0.3 is 0 Å². The number of hydrogen-bond acceptors (Lipinski definition) is 3. The zero-order valence-corrected chi connectivity index (χ0v) is 18.6. The molecule has 0 aliphatic rings. The molecule has 6 heteroatoms. The van der Waals surface area contributed by atoms with Gasteiger partial charge in [-0.2, -0.15) is 0 Å². The van der Waals surface area contributed by atoms with Crippen LogP contribution >= 0.6 is 28.1 Å². The molecule has 0 aliphatic heterocycles. The second kappa shape index (κ2) is 9.67. The summed E-state index contributed by atoms with van der Waals surface area (Å²) < 4.78 is 6.79. The number of nitrogens with one attached hydrogen (secondary N) is 2. The molecule has 0 spiro atoms. The van der Waals surface area contributed by atoms with Crippen LogP contribution in [0.1, 0.15) is 27.0 Å². The van der Waals surface area contributed by atoms with Crippen LogP contribution in [0.25, 0.3) is 0 Å². The Hall–Kier alpha value is -2.70. The summed E-state index contributed by atoms with van der Waals surface area (Å²) in [6.07, 6.45) is 0. The number of hydrogen-bond donors (Lipinski definition) is 2. The van der Waals surface area contributed by atoms with E-state index in [4.69, 9.17) is 17.0 Å². The molecule has 0 aromatic heterocycles. The fraction of sp³-hybridized carbons (Fsp3) is 0.130. The highest BCUT2D eigenvalue weighted by molar-refractivity contribution is 9.10. The SMILES string of the molecule is Cc1cc(Br)cc(C)c1NC(=S)NC(=O)c1cccc(OCc2ccccc2)c1. The molecule has 3 aromatic carbocycles. The summed E-state index contributed by atoms with van der Waals surface area (Å²) in [4.78, 5) is 12.6. The lowest BCUT2D eigenvalue weighted by Gasteiger charge is -2.15. The number of aryl methyl sites for hydroxylation is 2. The third-order valence-corrected chi connectivity index (χ3v) is 4.97. The fourth-order valence-corrected chi connectivity index (χ4v) is 3.78. The lowest BCUT2D eigenvalue weighted by molar-refractivity contribution is 0.0977. The summed E-state index contributed by atoms with van der Waals surface area (Å²) in [5.74, 6) is 0.333. The summed E-state index contributed by atoms with van der Waals surface area (Å²) in [5, 5.41) is 6.09. The van der Waals surface area contributed by atoms with Crippen molar-refractivity contribution < 1.29 is 9.53 Å². The zero-order chi connectivity index (χ0) is 20.8. The van der Waals surface area contributed by atoms with Gasteiger partial charge in [0.1, 0.15) is 12.4 Å². The summed E-state index contributed by atoms with van der Waals surface area (Å²) >= 11 is 8.80. The number of thiocarbonyl (C=S) groups is 1. The highest BCUT2D eigenvalue weighted by Gasteiger charge is 2.11. The number of anilines is 1. The predicted octanol–water partition coefficient (Wildman–Crippen LogP) is 5.77. The summed E-state index contributed by atoms with van der Waals surface area (Å²) in [7, 11) is 0. The van der Waals surface area contributed by atoms with Gasteiger partial charge in [-0.25, -0.2) is 0 Å². The van der Waals surface area contributed by atoms with Crippen molar-refractivity contribution in [3.63, 3.8) is 0 Å². The van der Waals surface area contributed by atoms with E-state index in [-0.39, 0.29) is 11.0 Å². The number of halogens is 1. The van der Waals surface area contributed by atoms with Crippen LogP contribution < -0.4 is 15.4 Å². The van der Waals surface area contributed by atoms with Crippen molar-refractivity contribution in [1.29, 1.82) is 0 Å². The van der Waals surface area contributed by atoms with Gasteiger partial charge in [-0.15, -0.1) is 0 Å². The smallest absolute Gasteiger partial charge is 0.257 e. The Balaban J connectivity index is 1.62. The summed E-state index contributed by atoms with van der Waals surface area (Å²) in [5.41, 5.74) is 4.49. The Kier molecular flexibility index (Phi) is 7.01. The van der Waals surface area contributed by atoms with Crippen molar-refractivity contribution in [1.82, 2.24) is 5.32 Å². The average molecular weight is 469 g/mol. The molecule has 2 N–H and O–H groups in total. The van der Waals surface area contributed by atoms with E-state index in [1.165, 1.54) is 0 Å². The summed E-state index contributed by atoms with van der Waals surface area (Å²) in [6, 6.07) is 20.9. The van der Waals surface area contributed by atoms with Crippen LogP contribution in [0, 0.1) is 13.8 Å². The maximum absolute atomic E-state index is 12.6. The van der Waals surface area contributed by atoms with Crippen molar-refractivity contribution >= 4 is 44.9 Å². The minimum absolute atomic E-state index is 0.249. The molecule has 0 atom stereocenters. The molecule has 0 saturated carbocycles. The second-order valence-corrected chi connectivity index (χ2v) is 7.95. The van der Waals surface area contributed by atoms with Gasteiger partial charge in [0, 0.05) is 15.7 Å².